The molecule has 2 aromatic carbocycles. The van der Waals surface area contributed by atoms with E-state index in [1.807, 2.05) is 42.7 Å². The summed E-state index contributed by atoms with van der Waals surface area (Å²) in [6.07, 6.45) is -0.344. The molecule has 11 heteroatoms. The van der Waals surface area contributed by atoms with E-state index in [4.69, 9.17) is 4.74 Å². The molecule has 0 saturated carbocycles. The van der Waals surface area contributed by atoms with E-state index in [-0.39, 0.29) is 29.1 Å². The second kappa shape index (κ2) is 10.4. The number of nitrogens with one attached hydrogen (secondary N) is 1. The number of amides is 1. The number of halogens is 1. The van der Waals surface area contributed by atoms with Crippen LogP contribution in [0.25, 0.3) is 0 Å². The average Bonchev–Trinajstić information content (AvgIpc) is 3.17. The summed E-state index contributed by atoms with van der Waals surface area (Å²) in [5, 5.41) is 22.7. The fraction of sp³-hybridized carbons (Fsp3) is 0.250. The molecule has 31 heavy (non-hydrogen) atoms. The van der Waals surface area contributed by atoms with Crippen molar-refractivity contribution in [3.63, 3.8) is 0 Å². The van der Waals surface area contributed by atoms with Crippen LogP contribution in [-0.2, 0) is 11.3 Å². The number of hydrogen-bond acceptors (Lipinski definition) is 7. The van der Waals surface area contributed by atoms with E-state index in [0.29, 0.717) is 23.3 Å². The smallest absolute Gasteiger partial charge is 0.292 e. The highest BCUT2D eigenvalue weighted by Gasteiger charge is 2.20. The highest BCUT2D eigenvalue weighted by Crippen LogP contribution is 2.27. The molecule has 3 aromatic rings. The van der Waals surface area contributed by atoms with Crippen LogP contribution in [-0.4, -0.2) is 31.3 Å². The third-order valence-electron chi connectivity index (χ3n) is 4.26. The number of para-hydroxylation sites is 2. The van der Waals surface area contributed by atoms with Crippen LogP contribution < -0.4 is 10.1 Å². The number of carbonyl (C=O) groups excluding carboxylic acids is 1. The number of nitro benzene ring substituents is 1. The van der Waals surface area contributed by atoms with Crippen LogP contribution in [0.2, 0.25) is 0 Å². The molecule has 9 nitrogen and oxygen atoms in total. The largest absolute Gasteiger partial charge is 0.483 e. The Bertz CT molecular complexity index is 1070. The van der Waals surface area contributed by atoms with Gasteiger partial charge >= 0.3 is 0 Å². The molecule has 0 aliphatic heterocycles. The van der Waals surface area contributed by atoms with Gasteiger partial charge in [0.25, 0.3) is 5.69 Å². The van der Waals surface area contributed by atoms with Crippen LogP contribution in [0.3, 0.4) is 0 Å². The number of carbonyl (C=O) groups is 1. The van der Waals surface area contributed by atoms with Crippen LogP contribution in [0.5, 0.6) is 5.75 Å². The summed E-state index contributed by atoms with van der Waals surface area (Å²) in [5.41, 5.74) is 0.00560. The molecule has 1 heterocycles. The summed E-state index contributed by atoms with van der Waals surface area (Å²) in [7, 11) is 0. The maximum atomic E-state index is 12.3. The Morgan fingerprint density at radius 3 is 2.65 bits per heavy atom. The van der Waals surface area contributed by atoms with Crippen LogP contribution in [0, 0.1) is 10.1 Å². The van der Waals surface area contributed by atoms with Gasteiger partial charge in [0.15, 0.2) is 17.1 Å². The molecule has 0 bridgehead atoms. The van der Waals surface area contributed by atoms with Crippen LogP contribution >= 0.6 is 27.7 Å². The van der Waals surface area contributed by atoms with Crippen molar-refractivity contribution < 1.29 is 14.5 Å². The Hall–Kier alpha value is -2.92. The predicted octanol–water partition coefficient (Wildman–Crippen LogP) is 4.84. The summed E-state index contributed by atoms with van der Waals surface area (Å²) in [6.45, 7) is 4.44. The molecular weight excluding hydrogens is 486 g/mol. The first-order chi connectivity index (χ1) is 14.9. The molecule has 1 aromatic heterocycles. The molecule has 1 atom stereocenters. The minimum Gasteiger partial charge on any atom is -0.483 e. The lowest BCUT2D eigenvalue weighted by molar-refractivity contribution is -0.383. The van der Waals surface area contributed by atoms with Crippen molar-refractivity contribution in [3.05, 3.63) is 68.9 Å². The number of benzene rings is 2. The number of aromatic nitrogens is 3. The lowest BCUT2D eigenvalue weighted by Crippen LogP contribution is -2.16. The molecule has 162 valence electrons. The zero-order valence-electron chi connectivity index (χ0n) is 16.8. The monoisotopic (exact) mass is 505 g/mol. The Balaban J connectivity index is 1.65. The van der Waals surface area contributed by atoms with Crippen molar-refractivity contribution in [1.29, 1.82) is 0 Å². The van der Waals surface area contributed by atoms with Crippen LogP contribution in [0.15, 0.2) is 58.2 Å². The van der Waals surface area contributed by atoms with Gasteiger partial charge in [-0.15, -0.1) is 10.2 Å². The van der Waals surface area contributed by atoms with Crippen molar-refractivity contribution in [1.82, 2.24) is 14.8 Å². The van der Waals surface area contributed by atoms with E-state index in [0.717, 1.165) is 4.47 Å². The molecule has 0 aliphatic rings. The van der Waals surface area contributed by atoms with Crippen LogP contribution in [0.1, 0.15) is 25.8 Å². The summed E-state index contributed by atoms with van der Waals surface area (Å²) in [4.78, 5) is 22.9. The van der Waals surface area contributed by atoms with Gasteiger partial charge in [0, 0.05) is 17.1 Å². The highest BCUT2D eigenvalue weighted by atomic mass is 79.9. The van der Waals surface area contributed by atoms with E-state index in [1.165, 1.54) is 23.9 Å². The number of thioether (sulfide) groups is 1. The van der Waals surface area contributed by atoms with Gasteiger partial charge in [-0.25, -0.2) is 0 Å². The topological polar surface area (TPSA) is 112 Å². The zero-order chi connectivity index (χ0) is 22.4. The van der Waals surface area contributed by atoms with Crippen LogP contribution in [0.4, 0.5) is 11.4 Å². The van der Waals surface area contributed by atoms with E-state index in [2.05, 4.69) is 31.4 Å². The summed E-state index contributed by atoms with van der Waals surface area (Å²) < 4.78 is 8.80. The summed E-state index contributed by atoms with van der Waals surface area (Å²) in [6, 6.07) is 13.5. The first-order valence-corrected chi connectivity index (χ1v) is 11.2. The van der Waals surface area contributed by atoms with Gasteiger partial charge in [-0.05, 0) is 44.2 Å². The van der Waals surface area contributed by atoms with Crippen molar-refractivity contribution in [2.75, 3.05) is 11.1 Å². The van der Waals surface area contributed by atoms with Gasteiger partial charge in [-0.1, -0.05) is 39.8 Å². The molecule has 3 rings (SSSR count). The van der Waals surface area contributed by atoms with Crippen molar-refractivity contribution in [3.8, 4) is 5.75 Å². The normalized spacial score (nSPS) is 11.7. The molecule has 0 aliphatic carbocycles. The fourth-order valence-corrected chi connectivity index (χ4v) is 3.90. The van der Waals surface area contributed by atoms with Gasteiger partial charge in [0.05, 0.1) is 10.7 Å². The van der Waals surface area contributed by atoms with Crippen molar-refractivity contribution in [2.24, 2.45) is 0 Å². The summed E-state index contributed by atoms with van der Waals surface area (Å²) in [5.74, 6) is 1.02. The van der Waals surface area contributed by atoms with Gasteiger partial charge < -0.3 is 14.6 Å². The third kappa shape index (κ3) is 5.82. The van der Waals surface area contributed by atoms with Crippen molar-refractivity contribution in [2.45, 2.75) is 31.7 Å². The van der Waals surface area contributed by atoms with Gasteiger partial charge in [-0.2, -0.15) is 0 Å². The first kappa shape index (κ1) is 22.8. The average molecular weight is 506 g/mol. The van der Waals surface area contributed by atoms with Gasteiger partial charge in [-0.3, -0.25) is 14.9 Å². The minimum absolute atomic E-state index is 0.0339. The fourth-order valence-electron chi connectivity index (χ4n) is 2.83. The van der Waals surface area contributed by atoms with Crippen molar-refractivity contribution >= 4 is 45.0 Å². The predicted molar refractivity (Wildman–Crippen MR) is 121 cm³/mol. The quantitative estimate of drug-likeness (QED) is 0.251. The van der Waals surface area contributed by atoms with Gasteiger partial charge in [0.2, 0.25) is 5.91 Å². The summed E-state index contributed by atoms with van der Waals surface area (Å²) >= 11 is 4.60. The maximum absolute atomic E-state index is 12.3. The minimum atomic E-state index is -0.532. The Morgan fingerprint density at radius 2 is 1.97 bits per heavy atom. The van der Waals surface area contributed by atoms with E-state index in [1.54, 1.807) is 12.1 Å². The second-order valence-electron chi connectivity index (χ2n) is 6.41. The Labute approximate surface area is 191 Å². The molecule has 0 saturated heterocycles. The number of rotatable bonds is 9. The SMILES string of the molecule is CCn1c(SCC(=O)Nc2ccccc2[N+](=O)[O-])nnc1C(C)Oc1ccc(Br)cc1. The standard InChI is InChI=1S/C20H20BrN5O4S/c1-3-25-19(13(2)30-15-10-8-14(21)9-11-15)23-24-20(25)31-12-18(27)22-16-6-4-5-7-17(16)26(28)29/h4-11,13H,3,12H2,1-2H3,(H,22,27). The number of nitrogens with zero attached hydrogens (tertiary/aromatic N) is 4. The van der Waals surface area contributed by atoms with E-state index < -0.39 is 4.92 Å². The molecule has 0 spiro atoms. The second-order valence-corrected chi connectivity index (χ2v) is 8.27. The number of nitro groups is 1. The molecule has 0 fully saturated rings. The molecule has 1 amide bonds. The number of hydrogen-bond donors (Lipinski definition) is 1. The first-order valence-electron chi connectivity index (χ1n) is 9.40. The molecule has 0 radical (unpaired) electrons. The van der Waals surface area contributed by atoms with E-state index >= 15 is 0 Å². The third-order valence-corrected chi connectivity index (χ3v) is 5.75. The molecule has 1 N–H and O–H groups in total. The number of anilines is 1. The Kier molecular flexibility index (Phi) is 7.64. The lowest BCUT2D eigenvalue weighted by atomic mass is 10.2. The lowest BCUT2D eigenvalue weighted by Gasteiger charge is -2.15. The Morgan fingerprint density at radius 1 is 1.26 bits per heavy atom. The van der Waals surface area contributed by atoms with E-state index in [9.17, 15) is 14.9 Å². The zero-order valence-corrected chi connectivity index (χ0v) is 19.2. The highest BCUT2D eigenvalue weighted by molar-refractivity contribution is 9.10. The molecular formula is C20H20BrN5O4S. The number of ether oxygens (including phenoxy) is 1. The maximum Gasteiger partial charge on any atom is 0.292 e. The van der Waals surface area contributed by atoms with Gasteiger partial charge in [0.1, 0.15) is 11.4 Å². The molecule has 1 unspecified atom stereocenters.